The largest absolute Gasteiger partial charge is 0.494 e. The quantitative estimate of drug-likeness (QED) is 0.165. The van der Waals surface area contributed by atoms with Gasteiger partial charge in [-0.25, -0.2) is 18.4 Å². The molecule has 1 aliphatic rings. The molecule has 3 rings (SSSR count). The molecular weight excluding hydrogens is 652 g/mol. The van der Waals surface area contributed by atoms with Crippen LogP contribution in [0.1, 0.15) is 96.6 Å². The SMILES string of the molecule is CCCCCNC(=O)N1C(c2ccc(F)c(OC)c2)COCC1(C)C.COc1cc(C(=O)COCC(C)(C)NC(=O)OC(C)(C)C)ccc1F. The number of urea groups is 1. The van der Waals surface area contributed by atoms with Crippen molar-refractivity contribution >= 4 is 17.9 Å². The molecule has 0 radical (unpaired) electrons. The third-order valence-corrected chi connectivity index (χ3v) is 7.54. The number of morpholine rings is 1. The van der Waals surface area contributed by atoms with Gasteiger partial charge in [0.15, 0.2) is 28.9 Å². The molecule has 13 heteroatoms. The van der Waals surface area contributed by atoms with Gasteiger partial charge in [-0.05, 0) is 90.8 Å². The zero-order valence-corrected chi connectivity index (χ0v) is 31.2. The van der Waals surface area contributed by atoms with E-state index in [1.165, 1.54) is 38.5 Å². The van der Waals surface area contributed by atoms with E-state index in [2.05, 4.69) is 17.6 Å². The summed E-state index contributed by atoms with van der Waals surface area (Å²) in [6, 6.07) is 8.15. The Kier molecular flexibility index (Phi) is 15.9. The summed E-state index contributed by atoms with van der Waals surface area (Å²) in [6.45, 7) is 16.3. The molecule has 50 heavy (non-hydrogen) atoms. The van der Waals surface area contributed by atoms with Gasteiger partial charge in [0.1, 0.15) is 12.2 Å². The van der Waals surface area contributed by atoms with Crippen LogP contribution in [0, 0.1) is 11.6 Å². The summed E-state index contributed by atoms with van der Waals surface area (Å²) in [6.07, 6.45) is 2.60. The molecule has 1 fully saturated rings. The van der Waals surface area contributed by atoms with Crippen LogP contribution in [0.15, 0.2) is 36.4 Å². The molecule has 2 aromatic carbocycles. The number of amides is 3. The van der Waals surface area contributed by atoms with Gasteiger partial charge in [0.2, 0.25) is 0 Å². The van der Waals surface area contributed by atoms with Gasteiger partial charge in [0.05, 0.1) is 51.2 Å². The monoisotopic (exact) mass is 707 g/mol. The van der Waals surface area contributed by atoms with Crippen LogP contribution in [0.3, 0.4) is 0 Å². The van der Waals surface area contributed by atoms with Gasteiger partial charge in [-0.2, -0.15) is 0 Å². The lowest BCUT2D eigenvalue weighted by molar-refractivity contribution is -0.0656. The normalized spacial score (nSPS) is 15.7. The van der Waals surface area contributed by atoms with Crippen LogP contribution in [0.25, 0.3) is 0 Å². The molecule has 1 atom stereocenters. The van der Waals surface area contributed by atoms with Gasteiger partial charge in [-0.3, -0.25) is 4.79 Å². The van der Waals surface area contributed by atoms with E-state index in [0.717, 1.165) is 24.8 Å². The first-order chi connectivity index (χ1) is 23.3. The van der Waals surface area contributed by atoms with Crippen molar-refractivity contribution in [2.75, 3.05) is 47.2 Å². The average Bonchev–Trinajstić information content (AvgIpc) is 3.01. The Morgan fingerprint density at radius 2 is 1.58 bits per heavy atom. The van der Waals surface area contributed by atoms with Gasteiger partial charge < -0.3 is 39.2 Å². The Hall–Kier alpha value is -3.97. The molecule has 0 spiro atoms. The lowest BCUT2D eigenvalue weighted by Gasteiger charge is -2.47. The van der Waals surface area contributed by atoms with E-state index in [4.69, 9.17) is 23.7 Å². The summed E-state index contributed by atoms with van der Waals surface area (Å²) in [5.74, 6) is -1.10. The van der Waals surface area contributed by atoms with Crippen molar-refractivity contribution in [3.05, 3.63) is 59.2 Å². The van der Waals surface area contributed by atoms with Crippen LogP contribution in [-0.2, 0) is 14.2 Å². The number of benzene rings is 2. The molecule has 2 aromatic rings. The summed E-state index contributed by atoms with van der Waals surface area (Å²) >= 11 is 0. The number of ether oxygens (including phenoxy) is 5. The number of ketones is 1. The van der Waals surface area contributed by atoms with E-state index in [-0.39, 0.29) is 48.1 Å². The van der Waals surface area contributed by atoms with Crippen molar-refractivity contribution in [3.8, 4) is 11.5 Å². The number of unbranched alkanes of at least 4 members (excludes halogenated alkanes) is 2. The second-order valence-electron chi connectivity index (χ2n) is 14.3. The number of hydrogen-bond donors (Lipinski definition) is 2. The number of halogens is 2. The van der Waals surface area contributed by atoms with Crippen LogP contribution in [0.2, 0.25) is 0 Å². The number of Topliss-reactive ketones (excluding diaryl/α,β-unsaturated/α-hetero) is 1. The van der Waals surface area contributed by atoms with E-state index in [1.54, 1.807) is 46.8 Å². The third kappa shape index (κ3) is 13.4. The van der Waals surface area contributed by atoms with E-state index < -0.39 is 34.4 Å². The number of carbonyl (C=O) groups excluding carboxylic acids is 3. The summed E-state index contributed by atoms with van der Waals surface area (Å²) in [7, 11) is 2.76. The minimum absolute atomic E-state index is 0.00206. The number of hydrogen-bond acceptors (Lipinski definition) is 8. The van der Waals surface area contributed by atoms with Gasteiger partial charge in [-0.15, -0.1) is 0 Å². The predicted molar refractivity (Wildman–Crippen MR) is 187 cm³/mol. The summed E-state index contributed by atoms with van der Waals surface area (Å²) < 4.78 is 53.3. The molecular formula is C37H55F2N3O8. The fourth-order valence-electron chi connectivity index (χ4n) is 5.12. The number of nitrogens with zero attached hydrogens (tertiary/aromatic N) is 1. The summed E-state index contributed by atoms with van der Waals surface area (Å²) in [5, 5.41) is 5.69. The number of alkyl carbamates (subject to hydrolysis) is 1. The van der Waals surface area contributed by atoms with Crippen molar-refractivity contribution in [1.29, 1.82) is 0 Å². The highest BCUT2D eigenvalue weighted by molar-refractivity contribution is 5.97. The Morgan fingerprint density at radius 3 is 2.18 bits per heavy atom. The first-order valence-electron chi connectivity index (χ1n) is 16.8. The first-order valence-corrected chi connectivity index (χ1v) is 16.8. The van der Waals surface area contributed by atoms with E-state index in [0.29, 0.717) is 19.8 Å². The highest BCUT2D eigenvalue weighted by Crippen LogP contribution is 2.35. The van der Waals surface area contributed by atoms with Crippen LogP contribution in [0.5, 0.6) is 11.5 Å². The van der Waals surface area contributed by atoms with E-state index >= 15 is 0 Å². The summed E-state index contributed by atoms with van der Waals surface area (Å²) in [5.41, 5.74) is -0.688. The maximum absolute atomic E-state index is 13.7. The number of methoxy groups -OCH3 is 2. The molecule has 0 saturated carbocycles. The van der Waals surface area contributed by atoms with Gasteiger partial charge in [0, 0.05) is 12.1 Å². The molecule has 0 aliphatic carbocycles. The topological polar surface area (TPSA) is 125 Å². The molecule has 0 aromatic heterocycles. The Morgan fingerprint density at radius 1 is 0.960 bits per heavy atom. The van der Waals surface area contributed by atoms with Crippen molar-refractivity contribution in [2.45, 2.75) is 97.4 Å². The fraction of sp³-hybridized carbons (Fsp3) is 0.595. The van der Waals surface area contributed by atoms with Gasteiger partial charge >= 0.3 is 12.1 Å². The zero-order valence-electron chi connectivity index (χ0n) is 31.2. The molecule has 11 nitrogen and oxygen atoms in total. The average molecular weight is 708 g/mol. The minimum atomic E-state index is -0.719. The first kappa shape index (κ1) is 42.2. The van der Waals surface area contributed by atoms with Crippen molar-refractivity contribution in [1.82, 2.24) is 15.5 Å². The predicted octanol–water partition coefficient (Wildman–Crippen LogP) is 7.22. The van der Waals surface area contributed by atoms with E-state index in [1.807, 2.05) is 18.7 Å². The number of carbonyl (C=O) groups is 3. The van der Waals surface area contributed by atoms with Crippen LogP contribution in [-0.4, -0.2) is 86.7 Å². The molecule has 2 N–H and O–H groups in total. The fourth-order valence-corrected chi connectivity index (χ4v) is 5.12. The maximum Gasteiger partial charge on any atom is 0.408 e. The van der Waals surface area contributed by atoms with Crippen LogP contribution >= 0.6 is 0 Å². The van der Waals surface area contributed by atoms with Crippen LogP contribution < -0.4 is 20.1 Å². The highest BCUT2D eigenvalue weighted by Gasteiger charge is 2.41. The Labute approximate surface area is 295 Å². The molecule has 280 valence electrons. The third-order valence-electron chi connectivity index (χ3n) is 7.54. The lowest BCUT2D eigenvalue weighted by atomic mass is 9.95. The highest BCUT2D eigenvalue weighted by atomic mass is 19.1. The van der Waals surface area contributed by atoms with Crippen molar-refractivity contribution in [3.63, 3.8) is 0 Å². The number of nitrogens with one attached hydrogen (secondary N) is 2. The minimum Gasteiger partial charge on any atom is -0.494 e. The molecule has 1 aliphatic heterocycles. The molecule has 3 amide bonds. The zero-order chi connectivity index (χ0) is 37.7. The molecule has 0 bridgehead atoms. The summed E-state index contributed by atoms with van der Waals surface area (Å²) in [4.78, 5) is 38.5. The molecule has 1 unspecified atom stereocenters. The number of rotatable bonds is 13. The maximum atomic E-state index is 13.7. The van der Waals surface area contributed by atoms with Crippen molar-refractivity contribution in [2.24, 2.45) is 0 Å². The van der Waals surface area contributed by atoms with Crippen molar-refractivity contribution < 1.29 is 46.8 Å². The smallest absolute Gasteiger partial charge is 0.408 e. The van der Waals surface area contributed by atoms with Gasteiger partial charge in [0.25, 0.3) is 0 Å². The molecule has 1 saturated heterocycles. The molecule has 1 heterocycles. The van der Waals surface area contributed by atoms with E-state index in [9.17, 15) is 23.2 Å². The standard InChI is InChI=1S/C19H29FN2O3.C18H26FNO5/c1-5-6-7-10-21-18(23)22-16(12-25-13-19(22,2)3)14-8-9-15(20)17(11-14)24-4;1-17(2,3)25-16(22)20-18(4,5)11-24-10-14(21)12-7-8-13(19)15(9-12)23-6/h8-9,11,16H,5-7,10,12-13H2,1-4H3,(H,21,23);7-9H,10-11H2,1-6H3,(H,20,22). The second kappa shape index (κ2) is 18.9. The lowest BCUT2D eigenvalue weighted by Crippen LogP contribution is -2.59. The van der Waals surface area contributed by atoms with Crippen LogP contribution in [0.4, 0.5) is 18.4 Å². The Bertz CT molecular complexity index is 1430. The second-order valence-corrected chi connectivity index (χ2v) is 14.3. The van der Waals surface area contributed by atoms with Gasteiger partial charge in [-0.1, -0.05) is 25.8 Å². The Balaban J connectivity index is 0.000000347.